The van der Waals surface area contributed by atoms with E-state index < -0.39 is 0 Å². The normalized spacial score (nSPS) is 14.4. The van der Waals surface area contributed by atoms with Gasteiger partial charge in [-0.15, -0.1) is 0 Å². The van der Waals surface area contributed by atoms with Crippen molar-refractivity contribution in [2.75, 3.05) is 6.54 Å². The zero-order chi connectivity index (χ0) is 14.4. The van der Waals surface area contributed by atoms with E-state index in [4.69, 9.17) is 11.6 Å². The Kier molecular flexibility index (Phi) is 2.68. The van der Waals surface area contributed by atoms with E-state index in [2.05, 4.69) is 15.2 Å². The van der Waals surface area contributed by atoms with Crippen molar-refractivity contribution in [2.45, 2.75) is 13.1 Å². The van der Waals surface area contributed by atoms with Crippen LogP contribution in [0.15, 0.2) is 30.7 Å². The Morgan fingerprint density at radius 3 is 3.14 bits per heavy atom. The molecule has 4 rings (SSSR count). The molecule has 4 heterocycles. The number of carbonyl (C=O) groups is 1. The first-order chi connectivity index (χ1) is 10.2. The van der Waals surface area contributed by atoms with Crippen LogP contribution in [-0.2, 0) is 13.1 Å². The number of carbonyl (C=O) groups excluding carboxylic acids is 1. The molecule has 8 heteroatoms. The molecule has 0 N–H and O–H groups in total. The maximum atomic E-state index is 12.5. The van der Waals surface area contributed by atoms with Crippen LogP contribution in [0.4, 0.5) is 0 Å². The molecule has 0 saturated carbocycles. The Bertz CT molecular complexity index is 838. The van der Waals surface area contributed by atoms with Crippen molar-refractivity contribution >= 4 is 23.2 Å². The molecule has 0 fully saturated rings. The van der Waals surface area contributed by atoms with Gasteiger partial charge in [-0.3, -0.25) is 9.48 Å². The smallest absolute Gasteiger partial charge is 0.274 e. The number of fused-ring (bicyclic) bond motifs is 2. The molecule has 3 aromatic rings. The fourth-order valence-corrected chi connectivity index (χ4v) is 2.62. The summed E-state index contributed by atoms with van der Waals surface area (Å²) in [5.74, 6) is -0.107. The molecule has 3 aromatic heterocycles. The van der Waals surface area contributed by atoms with Gasteiger partial charge in [-0.25, -0.2) is 9.50 Å². The summed E-state index contributed by atoms with van der Waals surface area (Å²) in [6.45, 7) is 1.86. The summed E-state index contributed by atoms with van der Waals surface area (Å²) in [6, 6.07) is 3.59. The Morgan fingerprint density at radius 1 is 1.33 bits per heavy atom. The van der Waals surface area contributed by atoms with Crippen molar-refractivity contribution in [3.8, 4) is 0 Å². The zero-order valence-electron chi connectivity index (χ0n) is 11.0. The predicted molar refractivity (Wildman–Crippen MR) is 75.0 cm³/mol. The molecule has 0 atom stereocenters. The van der Waals surface area contributed by atoms with Gasteiger partial charge in [0.25, 0.3) is 5.91 Å². The van der Waals surface area contributed by atoms with E-state index in [1.54, 1.807) is 23.4 Å². The lowest BCUT2D eigenvalue weighted by Crippen LogP contribution is -2.38. The molecule has 1 aliphatic heterocycles. The summed E-state index contributed by atoms with van der Waals surface area (Å²) in [5.41, 5.74) is 2.00. The molecule has 7 nitrogen and oxygen atoms in total. The van der Waals surface area contributed by atoms with Crippen LogP contribution in [0, 0.1) is 0 Å². The lowest BCUT2D eigenvalue weighted by molar-refractivity contribution is 0.0699. The first-order valence-electron chi connectivity index (χ1n) is 6.51. The number of aromatic nitrogens is 5. The standard InChI is InChI=1S/C13H11ClN6O/c14-9-6-15-12-5-11(17-20(12)7-9)13(21)18-3-4-19-10(8-18)1-2-16-19/h1-2,5-7H,3-4,8H2. The number of hydrogen-bond acceptors (Lipinski definition) is 4. The van der Waals surface area contributed by atoms with Crippen LogP contribution in [0.1, 0.15) is 16.2 Å². The van der Waals surface area contributed by atoms with Gasteiger partial charge < -0.3 is 4.90 Å². The second-order valence-corrected chi connectivity index (χ2v) is 5.31. The Morgan fingerprint density at radius 2 is 2.24 bits per heavy atom. The molecule has 0 radical (unpaired) electrons. The van der Waals surface area contributed by atoms with Crippen molar-refractivity contribution in [1.82, 2.24) is 29.3 Å². The third kappa shape index (κ3) is 2.06. The van der Waals surface area contributed by atoms with Crippen molar-refractivity contribution < 1.29 is 4.79 Å². The first kappa shape index (κ1) is 12.3. The molecule has 0 bridgehead atoms. The minimum Gasteiger partial charge on any atom is -0.330 e. The Labute approximate surface area is 124 Å². The van der Waals surface area contributed by atoms with E-state index in [-0.39, 0.29) is 5.91 Å². The van der Waals surface area contributed by atoms with Crippen molar-refractivity contribution in [3.05, 3.63) is 47.1 Å². The van der Waals surface area contributed by atoms with Gasteiger partial charge in [0, 0.05) is 25.0 Å². The van der Waals surface area contributed by atoms with Gasteiger partial charge >= 0.3 is 0 Å². The van der Waals surface area contributed by atoms with Crippen molar-refractivity contribution in [2.24, 2.45) is 0 Å². The highest BCUT2D eigenvalue weighted by Crippen LogP contribution is 2.15. The van der Waals surface area contributed by atoms with Gasteiger partial charge in [0.05, 0.1) is 30.0 Å². The van der Waals surface area contributed by atoms with Crippen LogP contribution in [-0.4, -0.2) is 41.7 Å². The summed E-state index contributed by atoms with van der Waals surface area (Å²) in [7, 11) is 0. The SMILES string of the molecule is O=C(c1cc2ncc(Cl)cn2n1)N1CCn2nccc2C1. The second kappa shape index (κ2) is 4.56. The number of amides is 1. The molecule has 0 aromatic carbocycles. The van der Waals surface area contributed by atoms with Crippen LogP contribution in [0.5, 0.6) is 0 Å². The summed E-state index contributed by atoms with van der Waals surface area (Å²) in [4.78, 5) is 18.5. The number of nitrogens with zero attached hydrogens (tertiary/aromatic N) is 6. The van der Waals surface area contributed by atoms with E-state index >= 15 is 0 Å². The fraction of sp³-hybridized carbons (Fsp3) is 0.231. The predicted octanol–water partition coefficient (Wildman–Crippen LogP) is 1.24. The molecule has 21 heavy (non-hydrogen) atoms. The largest absolute Gasteiger partial charge is 0.330 e. The third-order valence-electron chi connectivity index (χ3n) is 3.53. The summed E-state index contributed by atoms with van der Waals surface area (Å²) in [5, 5.41) is 8.93. The van der Waals surface area contributed by atoms with Crippen molar-refractivity contribution in [3.63, 3.8) is 0 Å². The Balaban J connectivity index is 1.64. The zero-order valence-corrected chi connectivity index (χ0v) is 11.7. The molecule has 0 spiro atoms. The lowest BCUT2D eigenvalue weighted by atomic mass is 10.2. The molecule has 0 saturated heterocycles. The van der Waals surface area contributed by atoms with Crippen LogP contribution >= 0.6 is 11.6 Å². The average molecular weight is 303 g/mol. The Hall–Kier alpha value is -2.41. The summed E-state index contributed by atoms with van der Waals surface area (Å²) in [6.07, 6.45) is 4.92. The van der Waals surface area contributed by atoms with Crippen molar-refractivity contribution in [1.29, 1.82) is 0 Å². The van der Waals surface area contributed by atoms with Gasteiger partial charge in [0.15, 0.2) is 11.3 Å². The highest BCUT2D eigenvalue weighted by molar-refractivity contribution is 6.30. The lowest BCUT2D eigenvalue weighted by Gasteiger charge is -2.26. The monoisotopic (exact) mass is 302 g/mol. The highest BCUT2D eigenvalue weighted by Gasteiger charge is 2.24. The van der Waals surface area contributed by atoms with E-state index in [0.717, 1.165) is 5.69 Å². The molecule has 0 aliphatic carbocycles. The maximum Gasteiger partial charge on any atom is 0.274 e. The topological polar surface area (TPSA) is 68.3 Å². The van der Waals surface area contributed by atoms with Gasteiger partial charge in [-0.05, 0) is 6.07 Å². The van der Waals surface area contributed by atoms with Gasteiger partial charge in [-0.2, -0.15) is 10.2 Å². The van der Waals surface area contributed by atoms with Crippen LogP contribution in [0.2, 0.25) is 5.02 Å². The highest BCUT2D eigenvalue weighted by atomic mass is 35.5. The van der Waals surface area contributed by atoms with E-state index in [1.807, 2.05) is 10.7 Å². The van der Waals surface area contributed by atoms with Gasteiger partial charge in [-0.1, -0.05) is 11.6 Å². The molecule has 1 amide bonds. The van der Waals surface area contributed by atoms with Crippen LogP contribution < -0.4 is 0 Å². The fourth-order valence-electron chi connectivity index (χ4n) is 2.48. The number of halogens is 1. The first-order valence-corrected chi connectivity index (χ1v) is 6.89. The number of hydrogen-bond donors (Lipinski definition) is 0. The summed E-state index contributed by atoms with van der Waals surface area (Å²) < 4.78 is 3.43. The van der Waals surface area contributed by atoms with E-state index in [0.29, 0.717) is 36.0 Å². The van der Waals surface area contributed by atoms with E-state index in [9.17, 15) is 4.79 Å². The minimum atomic E-state index is -0.107. The molecule has 1 aliphatic rings. The van der Waals surface area contributed by atoms with Gasteiger partial charge in [0.1, 0.15) is 0 Å². The molecular weight excluding hydrogens is 292 g/mol. The second-order valence-electron chi connectivity index (χ2n) is 4.88. The summed E-state index contributed by atoms with van der Waals surface area (Å²) >= 11 is 5.87. The van der Waals surface area contributed by atoms with Crippen LogP contribution in [0.25, 0.3) is 5.65 Å². The average Bonchev–Trinajstić information content (AvgIpc) is 3.11. The van der Waals surface area contributed by atoms with E-state index in [1.165, 1.54) is 10.7 Å². The molecular formula is C13H11ClN6O. The number of rotatable bonds is 1. The molecule has 106 valence electrons. The third-order valence-corrected chi connectivity index (χ3v) is 3.72. The van der Waals surface area contributed by atoms with Gasteiger partial charge in [0.2, 0.25) is 0 Å². The van der Waals surface area contributed by atoms with Crippen LogP contribution in [0.3, 0.4) is 0 Å². The molecule has 0 unspecified atom stereocenters. The minimum absolute atomic E-state index is 0.107. The quantitative estimate of drug-likeness (QED) is 0.678. The maximum absolute atomic E-state index is 12.5.